The average Bonchev–Trinajstić information content (AvgIpc) is 3.25. The van der Waals surface area contributed by atoms with E-state index in [1.54, 1.807) is 30.5 Å². The maximum atomic E-state index is 12.3. The van der Waals surface area contributed by atoms with Crippen LogP contribution < -0.4 is 10.1 Å². The molecule has 3 rings (SSSR count). The van der Waals surface area contributed by atoms with Gasteiger partial charge in [0.1, 0.15) is 5.75 Å². The second-order valence-electron chi connectivity index (χ2n) is 5.34. The van der Waals surface area contributed by atoms with Crippen molar-refractivity contribution in [3.05, 3.63) is 52.7 Å². The van der Waals surface area contributed by atoms with Crippen LogP contribution in [0.1, 0.15) is 19.0 Å². The van der Waals surface area contributed by atoms with Crippen LogP contribution in [-0.2, 0) is 11.2 Å². The Morgan fingerprint density at radius 3 is 3.04 bits per heavy atom. The summed E-state index contributed by atoms with van der Waals surface area (Å²) in [7, 11) is 0. The normalized spacial score (nSPS) is 10.6. The number of thiazole rings is 1. The highest BCUT2D eigenvalue weighted by Gasteiger charge is 2.13. The van der Waals surface area contributed by atoms with Crippen molar-refractivity contribution in [1.29, 1.82) is 0 Å². The molecule has 0 saturated carbocycles. The number of aromatic nitrogens is 1. The van der Waals surface area contributed by atoms with E-state index in [4.69, 9.17) is 20.8 Å². The zero-order valence-electron chi connectivity index (χ0n) is 13.6. The van der Waals surface area contributed by atoms with Crippen molar-refractivity contribution in [2.45, 2.75) is 19.8 Å². The molecule has 0 atom stereocenters. The van der Waals surface area contributed by atoms with Gasteiger partial charge in [0.05, 0.1) is 30.7 Å². The molecule has 0 fully saturated rings. The molecule has 3 aromatic rings. The van der Waals surface area contributed by atoms with Crippen LogP contribution in [0.25, 0.3) is 10.8 Å². The first-order valence-corrected chi connectivity index (χ1v) is 9.12. The number of amides is 1. The Morgan fingerprint density at radius 2 is 2.28 bits per heavy atom. The summed E-state index contributed by atoms with van der Waals surface area (Å²) in [6.45, 7) is 2.59. The number of nitrogens with one attached hydrogen (secondary N) is 1. The minimum atomic E-state index is -0.181. The number of rotatable bonds is 7. The van der Waals surface area contributed by atoms with Crippen molar-refractivity contribution in [1.82, 2.24) is 4.98 Å². The Kier molecular flexibility index (Phi) is 5.73. The lowest BCUT2D eigenvalue weighted by Gasteiger charge is -2.12. The fourth-order valence-electron chi connectivity index (χ4n) is 2.20. The number of hydrogen-bond acceptors (Lipinski definition) is 5. The molecular formula is C18H17ClN2O3S. The molecule has 0 unspecified atom stereocenters. The highest BCUT2D eigenvalue weighted by Crippen LogP contribution is 2.29. The fraction of sp³-hybridized carbons (Fsp3) is 0.222. The first-order valence-electron chi connectivity index (χ1n) is 7.86. The summed E-state index contributed by atoms with van der Waals surface area (Å²) >= 11 is 7.47. The monoisotopic (exact) mass is 376 g/mol. The quantitative estimate of drug-likeness (QED) is 0.628. The number of halogens is 1. The van der Waals surface area contributed by atoms with E-state index in [-0.39, 0.29) is 12.3 Å². The van der Waals surface area contributed by atoms with Crippen LogP contribution in [0.4, 0.5) is 5.69 Å². The third-order valence-electron chi connectivity index (χ3n) is 3.30. The molecule has 2 aromatic heterocycles. The van der Waals surface area contributed by atoms with Crippen LogP contribution in [0.3, 0.4) is 0 Å². The Morgan fingerprint density at radius 1 is 1.40 bits per heavy atom. The van der Waals surface area contributed by atoms with Gasteiger partial charge in [0.2, 0.25) is 5.91 Å². The molecular weight excluding hydrogens is 360 g/mol. The van der Waals surface area contributed by atoms with E-state index in [1.165, 1.54) is 11.3 Å². The van der Waals surface area contributed by atoms with Crippen LogP contribution in [0, 0.1) is 0 Å². The van der Waals surface area contributed by atoms with Gasteiger partial charge in [-0.3, -0.25) is 4.79 Å². The Labute approximate surface area is 154 Å². The lowest BCUT2D eigenvalue weighted by Crippen LogP contribution is -2.15. The van der Waals surface area contributed by atoms with E-state index < -0.39 is 0 Å². The molecule has 0 aliphatic heterocycles. The van der Waals surface area contributed by atoms with Crippen LogP contribution in [0.5, 0.6) is 5.75 Å². The highest BCUT2D eigenvalue weighted by atomic mass is 35.5. The first-order chi connectivity index (χ1) is 12.2. The predicted molar refractivity (Wildman–Crippen MR) is 99.4 cm³/mol. The number of carbonyl (C=O) groups is 1. The van der Waals surface area contributed by atoms with Crippen molar-refractivity contribution < 1.29 is 13.9 Å². The summed E-state index contributed by atoms with van der Waals surface area (Å²) in [6, 6.07) is 8.82. The Balaban J connectivity index is 1.67. The molecule has 7 heteroatoms. The van der Waals surface area contributed by atoms with Crippen molar-refractivity contribution in [3.63, 3.8) is 0 Å². The van der Waals surface area contributed by atoms with Crippen molar-refractivity contribution in [3.8, 4) is 16.5 Å². The van der Waals surface area contributed by atoms with Gasteiger partial charge in [0.15, 0.2) is 10.8 Å². The van der Waals surface area contributed by atoms with Gasteiger partial charge in [-0.1, -0.05) is 18.5 Å². The summed E-state index contributed by atoms with van der Waals surface area (Å²) in [5.74, 6) is 1.12. The number of hydrogen-bond donors (Lipinski definition) is 1. The zero-order valence-corrected chi connectivity index (χ0v) is 15.2. The summed E-state index contributed by atoms with van der Waals surface area (Å²) in [4.78, 5) is 16.8. The molecule has 130 valence electrons. The maximum absolute atomic E-state index is 12.3. The first kappa shape index (κ1) is 17.5. The van der Waals surface area contributed by atoms with Crippen LogP contribution >= 0.6 is 22.9 Å². The topological polar surface area (TPSA) is 64.4 Å². The number of ether oxygens (including phenoxy) is 1. The van der Waals surface area contributed by atoms with E-state index in [2.05, 4.69) is 10.3 Å². The summed E-state index contributed by atoms with van der Waals surface area (Å²) in [5.41, 5.74) is 1.25. The van der Waals surface area contributed by atoms with E-state index in [0.717, 1.165) is 11.4 Å². The van der Waals surface area contributed by atoms with Gasteiger partial charge in [0.25, 0.3) is 0 Å². The number of furan rings is 1. The maximum Gasteiger partial charge on any atom is 0.230 e. The molecule has 25 heavy (non-hydrogen) atoms. The van der Waals surface area contributed by atoms with Crippen molar-refractivity contribution >= 4 is 34.5 Å². The SMILES string of the molecule is CCCOc1ccc(Cl)cc1NC(=O)Cc1csc(-c2ccco2)n1. The predicted octanol–water partition coefficient (Wildman–Crippen LogP) is 5.03. The number of nitrogens with zero attached hydrogens (tertiary/aromatic N) is 1. The summed E-state index contributed by atoms with van der Waals surface area (Å²) < 4.78 is 11.0. The molecule has 0 radical (unpaired) electrons. The van der Waals surface area contributed by atoms with Gasteiger partial charge in [-0.25, -0.2) is 4.98 Å². The Bertz CT molecular complexity index is 846. The van der Waals surface area contributed by atoms with Gasteiger partial charge in [-0.2, -0.15) is 0 Å². The highest BCUT2D eigenvalue weighted by molar-refractivity contribution is 7.13. The standard InChI is InChI=1S/C18H17ClN2O3S/c1-2-7-23-15-6-5-12(19)9-14(15)21-17(22)10-13-11-25-18(20-13)16-4-3-8-24-16/h3-6,8-9,11H,2,7,10H2,1H3,(H,21,22). The van der Waals surface area contributed by atoms with Gasteiger partial charge in [-0.05, 0) is 36.8 Å². The third-order valence-corrected chi connectivity index (χ3v) is 4.44. The molecule has 0 aliphatic carbocycles. The molecule has 0 bridgehead atoms. The molecule has 0 spiro atoms. The molecule has 0 saturated heterocycles. The molecule has 1 aromatic carbocycles. The van der Waals surface area contributed by atoms with E-state index in [9.17, 15) is 4.79 Å². The zero-order chi connectivity index (χ0) is 17.6. The minimum Gasteiger partial charge on any atom is -0.491 e. The van der Waals surface area contributed by atoms with Crippen molar-refractivity contribution in [2.24, 2.45) is 0 Å². The minimum absolute atomic E-state index is 0.164. The third kappa shape index (κ3) is 4.61. The van der Waals surface area contributed by atoms with E-state index in [1.807, 2.05) is 18.4 Å². The molecule has 1 amide bonds. The summed E-state index contributed by atoms with van der Waals surface area (Å²) in [6.07, 6.45) is 2.64. The number of carbonyl (C=O) groups excluding carboxylic acids is 1. The van der Waals surface area contributed by atoms with Crippen LogP contribution in [0.15, 0.2) is 46.4 Å². The molecule has 0 aliphatic rings. The van der Waals surface area contributed by atoms with Crippen LogP contribution in [-0.4, -0.2) is 17.5 Å². The van der Waals surface area contributed by atoms with Crippen molar-refractivity contribution in [2.75, 3.05) is 11.9 Å². The van der Waals surface area contributed by atoms with Gasteiger partial charge >= 0.3 is 0 Å². The second-order valence-corrected chi connectivity index (χ2v) is 6.63. The van der Waals surface area contributed by atoms with E-state index in [0.29, 0.717) is 34.5 Å². The number of anilines is 1. The van der Waals surface area contributed by atoms with Gasteiger partial charge < -0.3 is 14.5 Å². The van der Waals surface area contributed by atoms with Gasteiger partial charge in [0, 0.05) is 10.4 Å². The lowest BCUT2D eigenvalue weighted by molar-refractivity contribution is -0.115. The number of benzene rings is 1. The Hall–Kier alpha value is -2.31. The largest absolute Gasteiger partial charge is 0.491 e. The molecule has 1 N–H and O–H groups in total. The average molecular weight is 377 g/mol. The second kappa shape index (κ2) is 8.18. The van der Waals surface area contributed by atoms with Crippen LogP contribution in [0.2, 0.25) is 5.02 Å². The summed E-state index contributed by atoms with van der Waals surface area (Å²) in [5, 5.41) is 5.98. The van der Waals surface area contributed by atoms with E-state index >= 15 is 0 Å². The molecule has 5 nitrogen and oxygen atoms in total. The van der Waals surface area contributed by atoms with Gasteiger partial charge in [-0.15, -0.1) is 11.3 Å². The fourth-order valence-corrected chi connectivity index (χ4v) is 3.16. The lowest BCUT2D eigenvalue weighted by atomic mass is 10.2. The smallest absolute Gasteiger partial charge is 0.230 e. The molecule has 2 heterocycles.